The Kier molecular flexibility index (Phi) is 8.19. The van der Waals surface area contributed by atoms with E-state index in [0.717, 1.165) is 18.5 Å². The first kappa shape index (κ1) is 26.7. The summed E-state index contributed by atoms with van der Waals surface area (Å²) in [4.78, 5) is 25.5. The highest BCUT2D eigenvalue weighted by atomic mass is 19.1. The number of halogens is 1. The van der Waals surface area contributed by atoms with Crippen molar-refractivity contribution in [2.45, 2.75) is 97.6 Å². The van der Waals surface area contributed by atoms with Crippen LogP contribution in [0.5, 0.6) is 0 Å². The summed E-state index contributed by atoms with van der Waals surface area (Å²) >= 11 is 0. The standard InChI is InChI=1S/C24H38FN7O3/c1-8-15-11-17(12-16(9-2)32(15)23(34)35-24(4,5)6)31(7)22-26-18(13-33)20(25)21(28-22)27-19-10-14(3)29-30-19/h10,15-17,33H,8-9,11-13H2,1-7H3,(H2,26,27,28,29,30)/t15-,16+,17-. The Morgan fingerprint density at radius 3 is 2.40 bits per heavy atom. The number of aryl methyl sites for hydroxylation is 1. The maximum Gasteiger partial charge on any atom is 0.410 e. The highest BCUT2D eigenvalue weighted by molar-refractivity contribution is 5.69. The largest absolute Gasteiger partial charge is 0.444 e. The molecule has 0 aromatic carbocycles. The fourth-order valence-electron chi connectivity index (χ4n) is 4.50. The Balaban J connectivity index is 1.87. The summed E-state index contributed by atoms with van der Waals surface area (Å²) in [5.74, 6) is -0.0587. The zero-order valence-corrected chi connectivity index (χ0v) is 21.7. The van der Waals surface area contributed by atoms with E-state index < -0.39 is 18.0 Å². The van der Waals surface area contributed by atoms with Gasteiger partial charge in [0.05, 0.1) is 6.61 Å². The van der Waals surface area contributed by atoms with Crippen LogP contribution in [0, 0.1) is 12.7 Å². The van der Waals surface area contributed by atoms with Crippen molar-refractivity contribution in [1.82, 2.24) is 25.1 Å². The van der Waals surface area contributed by atoms with Crippen molar-refractivity contribution in [3.63, 3.8) is 0 Å². The van der Waals surface area contributed by atoms with Gasteiger partial charge < -0.3 is 25.0 Å². The van der Waals surface area contributed by atoms with Crippen LogP contribution >= 0.6 is 0 Å². The Labute approximate surface area is 206 Å². The molecule has 0 bridgehead atoms. The van der Waals surface area contributed by atoms with E-state index in [4.69, 9.17) is 4.74 Å². The average molecular weight is 492 g/mol. The van der Waals surface area contributed by atoms with Crippen molar-refractivity contribution in [2.75, 3.05) is 17.3 Å². The lowest BCUT2D eigenvalue weighted by molar-refractivity contribution is -0.00936. The molecule has 2 aromatic rings. The number of carbonyl (C=O) groups excluding carboxylic acids is 1. The topological polar surface area (TPSA) is 120 Å². The lowest BCUT2D eigenvalue weighted by atomic mass is 9.88. The van der Waals surface area contributed by atoms with Crippen molar-refractivity contribution >= 4 is 23.7 Å². The predicted octanol–water partition coefficient (Wildman–Crippen LogP) is 4.28. The molecule has 1 aliphatic rings. The molecule has 194 valence electrons. The fourth-order valence-corrected chi connectivity index (χ4v) is 4.50. The number of hydrogen-bond acceptors (Lipinski definition) is 8. The van der Waals surface area contributed by atoms with Crippen LogP contribution < -0.4 is 10.2 Å². The fraction of sp³-hybridized carbons (Fsp3) is 0.667. The van der Waals surface area contributed by atoms with E-state index >= 15 is 0 Å². The quantitative estimate of drug-likeness (QED) is 0.525. The van der Waals surface area contributed by atoms with Crippen LogP contribution in [0.3, 0.4) is 0 Å². The first-order chi connectivity index (χ1) is 16.5. The number of aromatic nitrogens is 4. The number of piperidine rings is 1. The summed E-state index contributed by atoms with van der Waals surface area (Å²) in [5.41, 5.74) is 0.150. The molecule has 35 heavy (non-hydrogen) atoms. The van der Waals surface area contributed by atoms with E-state index in [2.05, 4.69) is 39.3 Å². The number of nitrogens with zero attached hydrogens (tertiary/aromatic N) is 5. The van der Waals surface area contributed by atoms with Crippen LogP contribution in [0.25, 0.3) is 0 Å². The first-order valence-corrected chi connectivity index (χ1v) is 12.2. The van der Waals surface area contributed by atoms with E-state index in [1.807, 2.05) is 44.5 Å². The van der Waals surface area contributed by atoms with E-state index in [9.17, 15) is 14.3 Å². The molecular weight excluding hydrogens is 453 g/mol. The summed E-state index contributed by atoms with van der Waals surface area (Å²) in [6, 6.07) is 1.71. The number of carbonyl (C=O) groups is 1. The minimum absolute atomic E-state index is 0.0149. The highest BCUT2D eigenvalue weighted by Crippen LogP contribution is 2.33. The normalized spacial score (nSPS) is 20.6. The van der Waals surface area contributed by atoms with Gasteiger partial charge >= 0.3 is 6.09 Å². The Morgan fingerprint density at radius 2 is 1.91 bits per heavy atom. The molecule has 0 radical (unpaired) electrons. The molecule has 3 N–H and O–H groups in total. The molecule has 0 spiro atoms. The Morgan fingerprint density at radius 1 is 1.29 bits per heavy atom. The lowest BCUT2D eigenvalue weighted by Crippen LogP contribution is -2.57. The number of likely N-dealkylation sites (tertiary alicyclic amines) is 1. The third-order valence-electron chi connectivity index (χ3n) is 6.30. The Bertz CT molecular complexity index is 1010. The van der Waals surface area contributed by atoms with Crippen LogP contribution in [0.1, 0.15) is 71.7 Å². The molecule has 3 heterocycles. The van der Waals surface area contributed by atoms with E-state index in [-0.39, 0.29) is 35.7 Å². The van der Waals surface area contributed by atoms with Crippen molar-refractivity contribution in [1.29, 1.82) is 0 Å². The van der Waals surface area contributed by atoms with Gasteiger partial charge in [-0.15, -0.1) is 0 Å². The van der Waals surface area contributed by atoms with Crippen molar-refractivity contribution in [2.24, 2.45) is 0 Å². The van der Waals surface area contributed by atoms with Gasteiger partial charge in [0.25, 0.3) is 0 Å². The molecule has 3 rings (SSSR count). The van der Waals surface area contributed by atoms with Gasteiger partial charge in [-0.25, -0.2) is 14.2 Å². The van der Waals surface area contributed by atoms with Crippen molar-refractivity contribution < 1.29 is 19.0 Å². The lowest BCUT2D eigenvalue weighted by Gasteiger charge is -2.47. The molecule has 11 heteroatoms. The number of rotatable bonds is 7. The third kappa shape index (κ3) is 6.19. The number of aliphatic hydroxyl groups is 1. The van der Waals surface area contributed by atoms with Crippen molar-refractivity contribution in [3.05, 3.63) is 23.3 Å². The number of amides is 1. The van der Waals surface area contributed by atoms with Gasteiger partial charge in [-0.05, 0) is 53.4 Å². The van der Waals surface area contributed by atoms with Crippen LogP contribution in [0.2, 0.25) is 0 Å². The van der Waals surface area contributed by atoms with Gasteiger partial charge in [-0.2, -0.15) is 10.1 Å². The number of nitrogens with one attached hydrogen (secondary N) is 2. The number of hydrogen-bond donors (Lipinski definition) is 3. The van der Waals surface area contributed by atoms with Gasteiger partial charge in [0, 0.05) is 36.9 Å². The first-order valence-electron chi connectivity index (χ1n) is 12.2. The van der Waals surface area contributed by atoms with Gasteiger partial charge in [0.2, 0.25) is 5.95 Å². The van der Waals surface area contributed by atoms with Crippen LogP contribution in [0.4, 0.5) is 26.8 Å². The monoisotopic (exact) mass is 491 g/mol. The van der Waals surface area contributed by atoms with E-state index in [1.165, 1.54) is 0 Å². The zero-order chi connectivity index (χ0) is 25.9. The molecule has 10 nitrogen and oxygen atoms in total. The van der Waals surface area contributed by atoms with Crippen LogP contribution in [-0.4, -0.2) is 67.0 Å². The smallest absolute Gasteiger partial charge is 0.410 e. The second kappa shape index (κ2) is 10.8. The molecule has 1 amide bonds. The summed E-state index contributed by atoms with van der Waals surface area (Å²) in [6.45, 7) is 11.0. The molecule has 0 unspecified atom stereocenters. The number of H-pyrrole nitrogens is 1. The molecule has 1 fully saturated rings. The SMILES string of the molecule is CC[C@@H]1C[C@@H](N(C)c2nc(CO)c(F)c(Nc3cc(C)[nH]n3)n2)C[C@H](CC)N1C(=O)OC(C)(C)C. The zero-order valence-electron chi connectivity index (χ0n) is 21.7. The third-order valence-corrected chi connectivity index (χ3v) is 6.30. The number of anilines is 3. The second-order valence-corrected chi connectivity index (χ2v) is 10.1. The number of ether oxygens (including phenoxy) is 1. The predicted molar refractivity (Wildman–Crippen MR) is 132 cm³/mol. The molecule has 3 atom stereocenters. The molecule has 1 aliphatic heterocycles. The molecule has 1 saturated heterocycles. The van der Waals surface area contributed by atoms with Gasteiger partial charge in [-0.3, -0.25) is 5.10 Å². The number of aromatic amines is 1. The maximum atomic E-state index is 14.9. The minimum atomic E-state index is -0.720. The summed E-state index contributed by atoms with van der Waals surface area (Å²) in [6.07, 6.45) is 2.65. The van der Waals surface area contributed by atoms with E-state index in [0.29, 0.717) is 24.6 Å². The van der Waals surface area contributed by atoms with Gasteiger partial charge in [0.15, 0.2) is 17.5 Å². The van der Waals surface area contributed by atoms with Crippen molar-refractivity contribution in [3.8, 4) is 0 Å². The average Bonchev–Trinajstić information content (AvgIpc) is 3.22. The molecule has 0 saturated carbocycles. The second-order valence-electron chi connectivity index (χ2n) is 10.1. The van der Waals surface area contributed by atoms with Gasteiger partial charge in [0.1, 0.15) is 11.3 Å². The highest BCUT2D eigenvalue weighted by Gasteiger charge is 2.40. The molecular formula is C24H38FN7O3. The maximum absolute atomic E-state index is 14.9. The van der Waals surface area contributed by atoms with Crippen LogP contribution in [-0.2, 0) is 11.3 Å². The molecule has 2 aromatic heterocycles. The van der Waals surface area contributed by atoms with Crippen LogP contribution in [0.15, 0.2) is 6.07 Å². The van der Waals surface area contributed by atoms with E-state index in [1.54, 1.807) is 6.07 Å². The summed E-state index contributed by atoms with van der Waals surface area (Å²) in [5, 5.41) is 19.5. The minimum Gasteiger partial charge on any atom is -0.444 e. The summed E-state index contributed by atoms with van der Waals surface area (Å²) in [7, 11) is 1.87. The Hall–Kier alpha value is -2.95. The molecule has 0 aliphatic carbocycles. The number of aliphatic hydroxyl groups excluding tert-OH is 1. The van der Waals surface area contributed by atoms with Gasteiger partial charge in [-0.1, -0.05) is 13.8 Å². The summed E-state index contributed by atoms with van der Waals surface area (Å²) < 4.78 is 20.6.